The smallest absolute Gasteiger partial charge is 0.347 e. The topological polar surface area (TPSA) is 136 Å². The van der Waals surface area contributed by atoms with Crippen LogP contribution in [0.2, 0.25) is 0 Å². The molecule has 42 heavy (non-hydrogen) atoms. The highest BCUT2D eigenvalue weighted by molar-refractivity contribution is 5.36. The van der Waals surface area contributed by atoms with Gasteiger partial charge in [0, 0.05) is 45.8 Å². The first-order valence-electron chi connectivity index (χ1n) is 14.2. The van der Waals surface area contributed by atoms with E-state index < -0.39 is 22.5 Å². The van der Waals surface area contributed by atoms with Crippen molar-refractivity contribution < 1.29 is 0 Å². The molecule has 1 aliphatic heterocycles. The number of hydrogen-bond acceptors (Lipinski definition) is 10. The normalized spacial score (nSPS) is 16.3. The molecule has 0 spiro atoms. The van der Waals surface area contributed by atoms with Crippen molar-refractivity contribution in [2.45, 2.75) is 44.4 Å². The van der Waals surface area contributed by atoms with Gasteiger partial charge in [0.2, 0.25) is 11.6 Å². The number of aryl methyl sites for hydroxylation is 2. The highest BCUT2D eigenvalue weighted by atomic mass is 16.2. The Morgan fingerprint density at radius 3 is 2.33 bits per heavy atom. The second-order valence-corrected chi connectivity index (χ2v) is 11.3. The molecule has 3 aromatic rings. The number of piperidine rings is 1. The second kappa shape index (κ2) is 13.3. The summed E-state index contributed by atoms with van der Waals surface area (Å²) in [5.41, 5.74) is -1.11. The molecule has 1 fully saturated rings. The van der Waals surface area contributed by atoms with Crippen molar-refractivity contribution in [2.75, 3.05) is 58.0 Å². The zero-order chi connectivity index (χ0) is 30.6. The maximum absolute atomic E-state index is 13.4. The van der Waals surface area contributed by atoms with Crippen LogP contribution < -0.4 is 32.7 Å². The first kappa shape index (κ1) is 30.9. The average Bonchev–Trinajstić information content (AvgIpc) is 2.97. The summed E-state index contributed by atoms with van der Waals surface area (Å²) < 4.78 is 4.32. The summed E-state index contributed by atoms with van der Waals surface area (Å²) in [4.78, 5) is 58.3. The van der Waals surface area contributed by atoms with Crippen molar-refractivity contribution in [1.29, 1.82) is 0 Å². The molecule has 228 valence electrons. The molecule has 1 aliphatic rings. The largest absolute Gasteiger partial charge is 0.362 e. The molecule has 1 saturated heterocycles. The Morgan fingerprint density at radius 1 is 0.952 bits per heavy atom. The highest BCUT2D eigenvalue weighted by Gasteiger charge is 2.26. The molecule has 3 heterocycles. The van der Waals surface area contributed by atoms with Gasteiger partial charge in [0.05, 0.1) is 13.1 Å². The fourth-order valence-electron chi connectivity index (χ4n) is 5.19. The Morgan fingerprint density at radius 2 is 1.67 bits per heavy atom. The van der Waals surface area contributed by atoms with Gasteiger partial charge in [0.1, 0.15) is 0 Å². The lowest BCUT2D eigenvalue weighted by atomic mass is 10.1. The second-order valence-electron chi connectivity index (χ2n) is 11.3. The first-order chi connectivity index (χ1) is 20.0. The van der Waals surface area contributed by atoms with Gasteiger partial charge < -0.3 is 20.0 Å². The number of aromatic nitrogens is 6. The lowest BCUT2D eigenvalue weighted by molar-refractivity contribution is 0.256. The fourth-order valence-corrected chi connectivity index (χ4v) is 5.19. The molecule has 2 unspecified atom stereocenters. The van der Waals surface area contributed by atoms with Crippen LogP contribution >= 0.6 is 0 Å². The molecule has 2 atom stereocenters. The Hall–Kier alpha value is -4.04. The van der Waals surface area contributed by atoms with Crippen LogP contribution in [0.3, 0.4) is 0 Å². The van der Waals surface area contributed by atoms with Crippen molar-refractivity contribution in [3.63, 3.8) is 0 Å². The van der Waals surface area contributed by atoms with Crippen LogP contribution in [0.1, 0.15) is 18.4 Å². The molecular formula is C28H42N10O4. The molecule has 14 nitrogen and oxygen atoms in total. The summed E-state index contributed by atoms with van der Waals surface area (Å²) in [5.74, 6) is 0.232. The predicted molar refractivity (Wildman–Crippen MR) is 163 cm³/mol. The van der Waals surface area contributed by atoms with Gasteiger partial charge in [-0.3, -0.25) is 18.7 Å². The van der Waals surface area contributed by atoms with Crippen LogP contribution in [-0.2, 0) is 33.6 Å². The van der Waals surface area contributed by atoms with Crippen LogP contribution in [0.15, 0.2) is 49.5 Å². The van der Waals surface area contributed by atoms with Crippen molar-refractivity contribution >= 4 is 11.6 Å². The van der Waals surface area contributed by atoms with E-state index in [1.165, 1.54) is 19.7 Å². The molecule has 0 amide bonds. The first-order valence-corrected chi connectivity index (χ1v) is 14.2. The number of anilines is 2. The molecule has 14 heteroatoms. The molecular weight excluding hydrogens is 540 g/mol. The predicted octanol–water partition coefficient (Wildman–Crippen LogP) is -0.987. The van der Waals surface area contributed by atoms with Gasteiger partial charge in [-0.15, -0.1) is 10.2 Å². The minimum atomic E-state index is -0.614. The van der Waals surface area contributed by atoms with Crippen molar-refractivity contribution in [1.82, 2.24) is 38.5 Å². The van der Waals surface area contributed by atoms with E-state index in [2.05, 4.69) is 37.4 Å². The minimum Gasteiger partial charge on any atom is -0.362 e. The van der Waals surface area contributed by atoms with Gasteiger partial charge in [0.15, 0.2) is 0 Å². The Bertz CT molecular complexity index is 1610. The zero-order valence-electron chi connectivity index (χ0n) is 25.4. The van der Waals surface area contributed by atoms with Gasteiger partial charge >= 0.3 is 11.4 Å². The molecule has 0 aliphatic carbocycles. The average molecular weight is 583 g/mol. The van der Waals surface area contributed by atoms with Gasteiger partial charge in [0.25, 0.3) is 11.1 Å². The standard InChI is InChI=1S/C28H42N10O4/c1-32(2)21-13-10-14-36(19-21)24-26(40)34(5)27(41)38(31-24)16-15-37-25(39)23(30-35(6)28(37)42)29-18-22(33(3)4)17-20-11-8-7-9-12-20/h7-9,11-12,21-22H,10,13-19H2,1-6H3,(H,29,30). The van der Waals surface area contributed by atoms with E-state index in [9.17, 15) is 19.2 Å². The van der Waals surface area contributed by atoms with Gasteiger partial charge in [-0.1, -0.05) is 30.3 Å². The van der Waals surface area contributed by atoms with Crippen molar-refractivity contribution in [3.05, 3.63) is 77.6 Å². The summed E-state index contributed by atoms with van der Waals surface area (Å²) in [6.45, 7) is 1.51. The molecule has 1 N–H and O–H groups in total. The lowest BCUT2D eigenvalue weighted by Crippen LogP contribution is -2.50. The van der Waals surface area contributed by atoms with E-state index in [4.69, 9.17) is 0 Å². The summed E-state index contributed by atoms with van der Waals surface area (Å²) >= 11 is 0. The molecule has 0 saturated carbocycles. The van der Waals surface area contributed by atoms with E-state index in [0.29, 0.717) is 19.6 Å². The Balaban J connectivity index is 1.56. The van der Waals surface area contributed by atoms with Crippen LogP contribution in [0.25, 0.3) is 0 Å². The molecule has 0 radical (unpaired) electrons. The van der Waals surface area contributed by atoms with E-state index in [-0.39, 0.29) is 36.8 Å². The van der Waals surface area contributed by atoms with Gasteiger partial charge in [-0.25, -0.2) is 19.0 Å². The van der Waals surface area contributed by atoms with Gasteiger partial charge in [-0.2, -0.15) is 0 Å². The van der Waals surface area contributed by atoms with Crippen molar-refractivity contribution in [3.8, 4) is 0 Å². The quantitative estimate of drug-likeness (QED) is 0.300. The van der Waals surface area contributed by atoms with Crippen LogP contribution in [0.4, 0.5) is 11.6 Å². The summed E-state index contributed by atoms with van der Waals surface area (Å²) in [6, 6.07) is 10.4. The third-order valence-corrected chi connectivity index (χ3v) is 7.94. The maximum Gasteiger partial charge on any atom is 0.347 e. The zero-order valence-corrected chi connectivity index (χ0v) is 25.4. The summed E-state index contributed by atoms with van der Waals surface area (Å²) in [6.07, 6.45) is 2.66. The van der Waals surface area contributed by atoms with Crippen LogP contribution in [0.5, 0.6) is 0 Å². The molecule has 4 rings (SSSR count). The Kier molecular flexibility index (Phi) is 9.78. The fraction of sp³-hybridized carbons (Fsp3) is 0.571. The number of likely N-dealkylation sites (N-methyl/N-ethyl adjacent to an activating group) is 2. The molecule has 1 aromatic carbocycles. The number of hydrogen-bond donors (Lipinski definition) is 1. The van der Waals surface area contributed by atoms with E-state index in [1.807, 2.05) is 51.3 Å². The number of rotatable bonds is 11. The number of nitrogens with one attached hydrogen (secondary N) is 1. The summed E-state index contributed by atoms with van der Waals surface area (Å²) in [7, 11) is 10.8. The van der Waals surface area contributed by atoms with E-state index in [1.54, 1.807) is 0 Å². The van der Waals surface area contributed by atoms with Crippen LogP contribution in [-0.4, -0.2) is 98.4 Å². The molecule has 0 bridgehead atoms. The monoisotopic (exact) mass is 582 g/mol. The van der Waals surface area contributed by atoms with E-state index >= 15 is 0 Å². The van der Waals surface area contributed by atoms with Crippen LogP contribution in [0, 0.1) is 0 Å². The van der Waals surface area contributed by atoms with Crippen molar-refractivity contribution in [2.24, 2.45) is 14.1 Å². The highest BCUT2D eigenvalue weighted by Crippen LogP contribution is 2.17. The van der Waals surface area contributed by atoms with E-state index in [0.717, 1.165) is 37.8 Å². The maximum atomic E-state index is 13.4. The van der Waals surface area contributed by atoms with Gasteiger partial charge in [-0.05, 0) is 53.0 Å². The lowest BCUT2D eigenvalue weighted by Gasteiger charge is -2.36. The number of benzene rings is 1. The SMILES string of the molecule is CN(C)C(CNc1nn(C)c(=O)n(CCn2nc(N3CCCC(N(C)C)C3)c(=O)n(C)c2=O)c1=O)Cc1ccccc1. The summed E-state index contributed by atoms with van der Waals surface area (Å²) in [5, 5.41) is 11.7. The molecule has 2 aromatic heterocycles. The number of nitrogens with zero attached hydrogens (tertiary/aromatic N) is 9. The third-order valence-electron chi connectivity index (χ3n) is 7.94. The third kappa shape index (κ3) is 6.87. The minimum absolute atomic E-state index is 0.0431. The Labute approximate surface area is 244 Å².